The molecule has 0 aromatic carbocycles. The predicted octanol–water partition coefficient (Wildman–Crippen LogP) is 4.44. The Bertz CT molecular complexity index is 711. The number of hydrogen-bond donors (Lipinski definition) is 1. The van der Waals surface area contributed by atoms with Crippen molar-refractivity contribution in [3.05, 3.63) is 46.9 Å². The van der Waals surface area contributed by atoms with Crippen LogP contribution in [-0.4, -0.2) is 21.0 Å². The molecule has 4 heteroatoms. The van der Waals surface area contributed by atoms with Gasteiger partial charge in [0.25, 0.3) is 0 Å². The average molecular weight is 312 g/mol. The summed E-state index contributed by atoms with van der Waals surface area (Å²) in [4.78, 5) is 20.2. The van der Waals surface area contributed by atoms with Gasteiger partial charge in [0, 0.05) is 17.0 Å². The van der Waals surface area contributed by atoms with Crippen molar-refractivity contribution in [1.29, 1.82) is 0 Å². The van der Waals surface area contributed by atoms with Crippen molar-refractivity contribution < 1.29 is 9.90 Å². The summed E-state index contributed by atoms with van der Waals surface area (Å²) in [5.74, 6) is -0.419. The van der Waals surface area contributed by atoms with Gasteiger partial charge in [0.05, 0.1) is 5.69 Å². The zero-order valence-corrected chi connectivity index (χ0v) is 14.3. The molecule has 2 heterocycles. The highest BCUT2D eigenvalue weighted by Crippen LogP contribution is 2.24. The van der Waals surface area contributed by atoms with Crippen molar-refractivity contribution in [3.63, 3.8) is 0 Å². The van der Waals surface area contributed by atoms with E-state index in [1.54, 1.807) is 13.0 Å². The molecule has 0 radical (unpaired) electrons. The standard InChI is InChI=1S/C19H24N2O2/c1-5-6-12(2)9-15-10-14(4)20-17(11-15)16-8-7-13(3)21-18(16)19(22)23/h7-8,10-12H,5-6,9H2,1-4H3,(H,22,23). The highest BCUT2D eigenvalue weighted by molar-refractivity contribution is 5.93. The van der Waals surface area contributed by atoms with E-state index in [0.717, 1.165) is 12.1 Å². The first-order chi connectivity index (χ1) is 10.9. The molecule has 0 aliphatic rings. The monoisotopic (exact) mass is 312 g/mol. The van der Waals surface area contributed by atoms with Crippen LogP contribution in [0.4, 0.5) is 0 Å². The lowest BCUT2D eigenvalue weighted by Gasteiger charge is -2.13. The number of aromatic carboxylic acids is 1. The van der Waals surface area contributed by atoms with E-state index in [1.165, 1.54) is 18.4 Å². The summed E-state index contributed by atoms with van der Waals surface area (Å²) >= 11 is 0. The van der Waals surface area contributed by atoms with Gasteiger partial charge in [-0.15, -0.1) is 0 Å². The molecule has 0 aliphatic carbocycles. The van der Waals surface area contributed by atoms with Crippen molar-refractivity contribution in [2.75, 3.05) is 0 Å². The lowest BCUT2D eigenvalue weighted by Crippen LogP contribution is -2.06. The maximum Gasteiger partial charge on any atom is 0.355 e. The molecule has 0 saturated heterocycles. The van der Waals surface area contributed by atoms with E-state index in [0.29, 0.717) is 22.9 Å². The van der Waals surface area contributed by atoms with Gasteiger partial charge in [-0.3, -0.25) is 4.98 Å². The molecule has 23 heavy (non-hydrogen) atoms. The molecule has 0 saturated carbocycles. The molecule has 0 bridgehead atoms. The molecule has 0 fully saturated rings. The molecule has 1 unspecified atom stereocenters. The van der Waals surface area contributed by atoms with Gasteiger partial charge in [0.15, 0.2) is 5.69 Å². The second-order valence-electron chi connectivity index (χ2n) is 6.25. The number of carboxylic acids is 1. The minimum Gasteiger partial charge on any atom is -0.476 e. The Morgan fingerprint density at radius 2 is 1.91 bits per heavy atom. The van der Waals surface area contributed by atoms with E-state index in [-0.39, 0.29) is 5.69 Å². The zero-order chi connectivity index (χ0) is 17.0. The molecule has 0 spiro atoms. The second-order valence-corrected chi connectivity index (χ2v) is 6.25. The number of pyridine rings is 2. The molecular formula is C19H24N2O2. The fourth-order valence-corrected chi connectivity index (χ4v) is 2.92. The maximum atomic E-state index is 11.5. The Morgan fingerprint density at radius 1 is 1.17 bits per heavy atom. The number of carbonyl (C=O) groups is 1. The van der Waals surface area contributed by atoms with Crippen LogP contribution >= 0.6 is 0 Å². The summed E-state index contributed by atoms with van der Waals surface area (Å²) in [5.41, 5.74) is 4.12. The van der Waals surface area contributed by atoms with E-state index in [4.69, 9.17) is 0 Å². The Labute approximate surface area is 137 Å². The number of aryl methyl sites for hydroxylation is 2. The maximum absolute atomic E-state index is 11.5. The zero-order valence-electron chi connectivity index (χ0n) is 14.3. The van der Waals surface area contributed by atoms with Crippen LogP contribution in [0.5, 0.6) is 0 Å². The summed E-state index contributed by atoms with van der Waals surface area (Å²) in [5, 5.41) is 9.42. The Kier molecular flexibility index (Phi) is 5.48. The summed E-state index contributed by atoms with van der Waals surface area (Å²) in [6.45, 7) is 8.17. The fourth-order valence-electron chi connectivity index (χ4n) is 2.92. The van der Waals surface area contributed by atoms with Crippen molar-refractivity contribution in [2.45, 2.75) is 47.0 Å². The molecule has 0 aliphatic heterocycles. The SMILES string of the molecule is CCCC(C)Cc1cc(C)nc(-c2ccc(C)nc2C(=O)O)c1. The van der Waals surface area contributed by atoms with E-state index in [1.807, 2.05) is 19.1 Å². The number of nitrogens with zero attached hydrogens (tertiary/aromatic N) is 2. The van der Waals surface area contributed by atoms with Crippen LogP contribution in [0.1, 0.15) is 54.1 Å². The lowest BCUT2D eigenvalue weighted by molar-refractivity contribution is 0.0691. The van der Waals surface area contributed by atoms with E-state index < -0.39 is 5.97 Å². The van der Waals surface area contributed by atoms with Gasteiger partial charge in [-0.1, -0.05) is 26.7 Å². The quantitative estimate of drug-likeness (QED) is 0.856. The van der Waals surface area contributed by atoms with E-state index in [9.17, 15) is 9.90 Å². The van der Waals surface area contributed by atoms with Gasteiger partial charge >= 0.3 is 5.97 Å². The smallest absolute Gasteiger partial charge is 0.355 e. The molecule has 2 rings (SSSR count). The first-order valence-electron chi connectivity index (χ1n) is 8.09. The Balaban J connectivity index is 2.44. The third kappa shape index (κ3) is 4.38. The number of hydrogen-bond acceptors (Lipinski definition) is 3. The summed E-state index contributed by atoms with van der Waals surface area (Å²) in [6, 6.07) is 7.70. The molecule has 2 aromatic heterocycles. The van der Waals surface area contributed by atoms with Crippen molar-refractivity contribution in [2.24, 2.45) is 5.92 Å². The largest absolute Gasteiger partial charge is 0.476 e. The van der Waals surface area contributed by atoms with Gasteiger partial charge in [-0.2, -0.15) is 0 Å². The average Bonchev–Trinajstić information content (AvgIpc) is 2.46. The fraction of sp³-hybridized carbons (Fsp3) is 0.421. The van der Waals surface area contributed by atoms with E-state index >= 15 is 0 Å². The molecule has 1 atom stereocenters. The topological polar surface area (TPSA) is 63.1 Å². The lowest BCUT2D eigenvalue weighted by atomic mass is 9.95. The normalized spacial score (nSPS) is 12.2. The first-order valence-corrected chi connectivity index (χ1v) is 8.09. The molecule has 4 nitrogen and oxygen atoms in total. The van der Waals surface area contributed by atoms with Gasteiger partial charge in [-0.05, 0) is 56.0 Å². The Hall–Kier alpha value is -2.23. The van der Waals surface area contributed by atoms with E-state index in [2.05, 4.69) is 29.9 Å². The van der Waals surface area contributed by atoms with Crippen LogP contribution in [0, 0.1) is 19.8 Å². The third-order valence-electron chi connectivity index (χ3n) is 3.89. The summed E-state index contributed by atoms with van der Waals surface area (Å²) < 4.78 is 0. The highest BCUT2D eigenvalue weighted by Gasteiger charge is 2.16. The Morgan fingerprint density at radius 3 is 2.57 bits per heavy atom. The van der Waals surface area contributed by atoms with Gasteiger partial charge < -0.3 is 5.11 Å². The van der Waals surface area contributed by atoms with Crippen molar-refractivity contribution in [1.82, 2.24) is 9.97 Å². The summed E-state index contributed by atoms with van der Waals surface area (Å²) in [7, 11) is 0. The van der Waals surface area contributed by atoms with Crippen LogP contribution in [0.15, 0.2) is 24.3 Å². The van der Waals surface area contributed by atoms with Crippen molar-refractivity contribution in [3.8, 4) is 11.3 Å². The first kappa shape index (κ1) is 17.1. The number of carboxylic acid groups (broad SMARTS) is 1. The molecule has 0 amide bonds. The summed E-state index contributed by atoms with van der Waals surface area (Å²) in [6.07, 6.45) is 3.33. The molecule has 122 valence electrons. The third-order valence-corrected chi connectivity index (χ3v) is 3.89. The van der Waals surface area contributed by atoms with Gasteiger partial charge in [0.2, 0.25) is 0 Å². The van der Waals surface area contributed by atoms with Crippen LogP contribution in [-0.2, 0) is 6.42 Å². The molecule has 2 aromatic rings. The number of aromatic nitrogens is 2. The van der Waals surface area contributed by atoms with Crippen LogP contribution in [0.25, 0.3) is 11.3 Å². The molecular weight excluding hydrogens is 288 g/mol. The van der Waals surface area contributed by atoms with Crippen molar-refractivity contribution >= 4 is 5.97 Å². The van der Waals surface area contributed by atoms with Crippen LogP contribution < -0.4 is 0 Å². The minimum atomic E-state index is -1.02. The van der Waals surface area contributed by atoms with Gasteiger partial charge in [-0.25, -0.2) is 9.78 Å². The number of rotatable bonds is 6. The second kappa shape index (κ2) is 7.36. The predicted molar refractivity (Wildman–Crippen MR) is 91.7 cm³/mol. The van der Waals surface area contributed by atoms with Crippen LogP contribution in [0.2, 0.25) is 0 Å². The minimum absolute atomic E-state index is 0.0654. The molecule has 1 N–H and O–H groups in total. The van der Waals surface area contributed by atoms with Gasteiger partial charge in [0.1, 0.15) is 0 Å². The van der Waals surface area contributed by atoms with Crippen LogP contribution in [0.3, 0.4) is 0 Å². The highest BCUT2D eigenvalue weighted by atomic mass is 16.4.